The number of carboxylic acids is 2. The van der Waals surface area contributed by atoms with Crippen LogP contribution in [0.1, 0.15) is 16.7 Å². The average Bonchev–Trinajstić information content (AvgIpc) is 3.11. The Morgan fingerprint density at radius 1 is 1.46 bits per heavy atom. The number of β-lactam (4-membered cyclic amide) rings is 1. The highest BCUT2D eigenvalue weighted by Crippen LogP contribution is 2.52. The molecule has 0 spiro atoms. The van der Waals surface area contributed by atoms with Crippen LogP contribution in [0.2, 0.25) is 0 Å². The molecule has 0 radical (unpaired) electrons. The molecule has 1 aromatic rings. The van der Waals surface area contributed by atoms with Gasteiger partial charge >= 0.3 is 15.3 Å². The van der Waals surface area contributed by atoms with E-state index < -0.39 is 44.7 Å². The maximum atomic E-state index is 12.2. The summed E-state index contributed by atoms with van der Waals surface area (Å²) in [6, 6.07) is 0. The number of rotatable bonds is 7. The summed E-state index contributed by atoms with van der Waals surface area (Å²) >= 11 is 2.43. The zero-order chi connectivity index (χ0) is 19.2. The highest BCUT2D eigenvalue weighted by Gasteiger charge is 2.57. The predicted octanol–water partition coefficient (Wildman–Crippen LogP) is 0.0157. The van der Waals surface area contributed by atoms with Gasteiger partial charge in [0.05, 0.1) is 12.0 Å². The highest BCUT2D eigenvalue weighted by molar-refractivity contribution is 8.46. The molecule has 0 bridgehead atoms. The number of hydrogen-bond acceptors (Lipinski definition) is 10. The van der Waals surface area contributed by atoms with Crippen LogP contribution in [0.5, 0.6) is 0 Å². The maximum absolute atomic E-state index is 12.2. The van der Waals surface area contributed by atoms with E-state index in [1.54, 1.807) is 6.26 Å². The lowest BCUT2D eigenvalue weighted by Crippen LogP contribution is -2.60. The van der Waals surface area contributed by atoms with Gasteiger partial charge in [0.15, 0.2) is 5.97 Å². The summed E-state index contributed by atoms with van der Waals surface area (Å²) in [5.74, 6) is -3.40. The number of nitrogens with zero attached hydrogens (tertiary/aromatic N) is 3. The van der Waals surface area contributed by atoms with Crippen LogP contribution in [0.3, 0.4) is 0 Å². The number of aliphatic carboxylic acids is 1. The molecule has 2 aliphatic rings. The number of aromatic carboxylic acids is 1. The van der Waals surface area contributed by atoms with Crippen LogP contribution in [0, 0.1) is 5.92 Å². The number of aliphatic hydroxyl groups is 1. The van der Waals surface area contributed by atoms with Gasteiger partial charge in [0.1, 0.15) is 31.4 Å². The molecule has 1 amide bonds. The monoisotopic (exact) mass is 435 g/mol. The van der Waals surface area contributed by atoms with Gasteiger partial charge in [-0.1, -0.05) is 10.2 Å². The molecule has 3 rings (SSSR count). The van der Waals surface area contributed by atoms with E-state index in [9.17, 15) is 29.7 Å². The SMILES string of the molecule is CS[s+]1c(SCC2=C(C(=O)O)N3C(=O)[C@H]([C@@H](C)O)[C@H]3S2)nnc1C(=O)[O-]. The van der Waals surface area contributed by atoms with E-state index in [1.807, 2.05) is 0 Å². The van der Waals surface area contributed by atoms with E-state index in [2.05, 4.69) is 10.2 Å². The smallest absolute Gasteiger partial charge is 0.353 e. The predicted molar refractivity (Wildman–Crippen MR) is 96.5 cm³/mol. The molecule has 1 unspecified atom stereocenters. The zero-order valence-corrected chi connectivity index (χ0v) is 16.7. The number of thioether (sulfide) groups is 2. The summed E-state index contributed by atoms with van der Waals surface area (Å²) in [6.07, 6.45) is 0.867. The maximum Gasteiger partial charge on any atom is 0.353 e. The standard InChI is InChI=1S/C13H13N3O6S4/c1-4(17)6-9(18)16-7(11(19)20)5(25-10(6)16)3-24-13-15-14-8(12(21)22)26(13)23-2/h4,6,10,17H,3H2,1-2H3,(H-,19,20,21,22)/t4-,6+,10-,26?/m1/s1. The van der Waals surface area contributed by atoms with E-state index in [0.717, 1.165) is 0 Å². The molecule has 1 fully saturated rings. The first-order chi connectivity index (χ1) is 12.3. The van der Waals surface area contributed by atoms with Crippen LogP contribution in [0.4, 0.5) is 0 Å². The molecule has 1 aromatic heterocycles. The topological polar surface area (TPSA) is 144 Å². The summed E-state index contributed by atoms with van der Waals surface area (Å²) in [4.78, 5) is 36.5. The van der Waals surface area contributed by atoms with Crippen molar-refractivity contribution < 1.29 is 29.7 Å². The molecule has 9 nitrogen and oxygen atoms in total. The molecule has 0 aliphatic carbocycles. The number of carbonyl (C=O) groups excluding carboxylic acids is 2. The molecular formula is C13H13N3O6S4. The van der Waals surface area contributed by atoms with E-state index >= 15 is 0 Å². The summed E-state index contributed by atoms with van der Waals surface area (Å²) in [7, 11) is 0.405. The fourth-order valence-corrected chi connectivity index (χ4v) is 9.05. The molecule has 3 heterocycles. The Bertz CT molecular complexity index is 823. The van der Waals surface area contributed by atoms with Gasteiger partial charge < -0.3 is 20.1 Å². The van der Waals surface area contributed by atoms with Gasteiger partial charge in [-0.15, -0.1) is 11.8 Å². The van der Waals surface area contributed by atoms with Crippen molar-refractivity contribution >= 4 is 61.7 Å². The van der Waals surface area contributed by atoms with Crippen molar-refractivity contribution in [3.05, 3.63) is 15.6 Å². The van der Waals surface area contributed by atoms with Crippen LogP contribution in [0.25, 0.3) is 0 Å². The Morgan fingerprint density at radius 3 is 2.69 bits per heavy atom. The van der Waals surface area contributed by atoms with Crippen LogP contribution in [0.15, 0.2) is 14.9 Å². The summed E-state index contributed by atoms with van der Waals surface area (Å²) < 4.78 is 0.474. The number of hydrogen-bond donors (Lipinski definition) is 2. The third kappa shape index (κ3) is 3.11. The molecule has 0 saturated carbocycles. The number of aliphatic hydroxyl groups excluding tert-OH is 1. The minimum absolute atomic E-state index is 0.0851. The lowest BCUT2D eigenvalue weighted by molar-refractivity contribution is -0.255. The zero-order valence-electron chi connectivity index (χ0n) is 13.4. The number of aromatic nitrogens is 2. The van der Waals surface area contributed by atoms with Gasteiger partial charge in [0, 0.05) is 16.9 Å². The van der Waals surface area contributed by atoms with Crippen molar-refractivity contribution in [2.45, 2.75) is 22.7 Å². The lowest BCUT2D eigenvalue weighted by atomic mass is 9.92. The Balaban J connectivity index is 1.81. The Labute approximate surface area is 162 Å². The second kappa shape index (κ2) is 7.38. The van der Waals surface area contributed by atoms with Crippen molar-refractivity contribution in [2.75, 3.05) is 12.0 Å². The van der Waals surface area contributed by atoms with Crippen LogP contribution in [-0.2, 0) is 9.59 Å². The van der Waals surface area contributed by atoms with E-state index in [1.165, 1.54) is 46.1 Å². The quantitative estimate of drug-likeness (QED) is 0.259. The first kappa shape index (κ1) is 19.5. The molecule has 1 saturated heterocycles. The van der Waals surface area contributed by atoms with Gasteiger partial charge in [0.2, 0.25) is 5.91 Å². The van der Waals surface area contributed by atoms with Crippen molar-refractivity contribution in [1.29, 1.82) is 0 Å². The molecule has 0 aromatic carbocycles. The lowest BCUT2D eigenvalue weighted by Gasteiger charge is -2.43. The van der Waals surface area contributed by atoms with Gasteiger partial charge in [0.25, 0.3) is 0 Å². The third-order valence-electron chi connectivity index (χ3n) is 3.80. The first-order valence-corrected chi connectivity index (χ1v) is 12.0. The second-order valence-corrected chi connectivity index (χ2v) is 11.4. The van der Waals surface area contributed by atoms with Gasteiger partial charge in [-0.3, -0.25) is 9.69 Å². The van der Waals surface area contributed by atoms with Gasteiger partial charge in [-0.25, -0.2) is 4.79 Å². The number of carbonyl (C=O) groups is 3. The van der Waals surface area contributed by atoms with Crippen LogP contribution < -0.4 is 5.11 Å². The minimum atomic E-state index is -1.38. The molecule has 26 heavy (non-hydrogen) atoms. The van der Waals surface area contributed by atoms with Crippen LogP contribution in [-0.4, -0.2) is 66.6 Å². The van der Waals surface area contributed by atoms with Gasteiger partial charge in [-0.2, -0.15) is 0 Å². The number of fused-ring (bicyclic) bond motifs is 1. The summed E-state index contributed by atoms with van der Waals surface area (Å²) in [6.45, 7) is 1.50. The Kier molecular flexibility index (Phi) is 5.53. The molecular weight excluding hydrogens is 422 g/mol. The molecule has 2 aliphatic heterocycles. The molecule has 2 N–H and O–H groups in total. The van der Waals surface area contributed by atoms with Crippen molar-refractivity contribution in [2.24, 2.45) is 5.92 Å². The van der Waals surface area contributed by atoms with Crippen molar-refractivity contribution in [1.82, 2.24) is 15.1 Å². The van der Waals surface area contributed by atoms with E-state index in [4.69, 9.17) is 0 Å². The number of amides is 1. The van der Waals surface area contributed by atoms with Crippen molar-refractivity contribution in [3.8, 4) is 0 Å². The molecule has 4 atom stereocenters. The minimum Gasteiger partial charge on any atom is -0.539 e. The Morgan fingerprint density at radius 2 is 2.15 bits per heavy atom. The molecule has 140 valence electrons. The average molecular weight is 436 g/mol. The first-order valence-electron chi connectivity index (χ1n) is 7.20. The largest absolute Gasteiger partial charge is 0.539 e. The number of carboxylic acid groups (broad SMARTS) is 2. The fraction of sp³-hybridized carbons (Fsp3) is 0.462. The summed E-state index contributed by atoms with van der Waals surface area (Å²) in [5.41, 5.74) is -0.0851. The molecule has 13 heteroatoms. The van der Waals surface area contributed by atoms with Gasteiger partial charge in [-0.05, 0) is 18.7 Å². The van der Waals surface area contributed by atoms with E-state index in [0.29, 0.717) is 9.24 Å². The fourth-order valence-electron chi connectivity index (χ4n) is 2.67. The normalized spacial score (nSPS) is 23.7. The second-order valence-electron chi connectivity index (χ2n) is 5.34. The highest BCUT2D eigenvalue weighted by atomic mass is 33.1. The van der Waals surface area contributed by atoms with Crippen molar-refractivity contribution in [3.63, 3.8) is 0 Å². The Hall–Kier alpha value is -1.28. The van der Waals surface area contributed by atoms with E-state index in [-0.39, 0.29) is 16.5 Å². The summed E-state index contributed by atoms with van der Waals surface area (Å²) in [5, 5.41) is 37.2. The van der Waals surface area contributed by atoms with Crippen LogP contribution >= 0.6 is 43.8 Å². The third-order valence-corrected chi connectivity index (χ3v) is 10.6.